The first-order chi connectivity index (χ1) is 5.75. The predicted octanol–water partition coefficient (Wildman–Crippen LogP) is 2.47. The minimum Gasteiger partial charge on any atom is -0.389 e. The fourth-order valence-corrected chi connectivity index (χ4v) is 1.28. The molecule has 1 nitrogen and oxygen atoms in total. The van der Waals surface area contributed by atoms with Gasteiger partial charge in [-0.3, -0.25) is 0 Å². The van der Waals surface area contributed by atoms with Crippen LogP contribution < -0.4 is 0 Å². The minimum absolute atomic E-state index is 0.391. The molecule has 0 amide bonds. The van der Waals surface area contributed by atoms with Crippen LogP contribution in [0.4, 0.5) is 0 Å². The number of rotatable bonds is 2. The highest BCUT2D eigenvalue weighted by Gasteiger charge is 2.04. The summed E-state index contributed by atoms with van der Waals surface area (Å²) in [4.78, 5) is 0. The van der Waals surface area contributed by atoms with Crippen molar-refractivity contribution in [1.82, 2.24) is 0 Å². The lowest BCUT2D eigenvalue weighted by Gasteiger charge is -2.09. The molecule has 0 aliphatic heterocycles. The normalized spacial score (nSPS) is 14.4. The van der Waals surface area contributed by atoms with E-state index in [0.717, 1.165) is 11.1 Å². The van der Waals surface area contributed by atoms with Crippen LogP contribution in [0.2, 0.25) is 0 Å². The van der Waals surface area contributed by atoms with Crippen molar-refractivity contribution in [1.29, 1.82) is 0 Å². The Morgan fingerprint density at radius 2 is 1.92 bits per heavy atom. The summed E-state index contributed by atoms with van der Waals surface area (Å²) in [6.07, 6.45) is 1.55. The highest BCUT2D eigenvalue weighted by molar-refractivity contribution is 5.67. The maximum absolute atomic E-state index is 9.40. The van der Waals surface area contributed by atoms with E-state index < -0.39 is 6.10 Å². The van der Waals surface area contributed by atoms with Crippen LogP contribution in [0, 0.1) is 0 Å². The van der Waals surface area contributed by atoms with E-state index in [4.69, 9.17) is 0 Å². The second-order valence-corrected chi connectivity index (χ2v) is 2.79. The zero-order chi connectivity index (χ0) is 8.97. The molecule has 0 heterocycles. The molecule has 0 saturated heterocycles. The summed E-state index contributed by atoms with van der Waals surface area (Å²) in [7, 11) is 0. The third kappa shape index (κ3) is 1.95. The molecule has 1 aromatic carbocycles. The fraction of sp³-hybridized carbons (Fsp3) is 0.273. The van der Waals surface area contributed by atoms with Crippen molar-refractivity contribution in [3.05, 3.63) is 42.0 Å². The van der Waals surface area contributed by atoms with Crippen LogP contribution in [0.5, 0.6) is 0 Å². The van der Waals surface area contributed by atoms with Crippen molar-refractivity contribution in [2.75, 3.05) is 0 Å². The van der Waals surface area contributed by atoms with Crippen molar-refractivity contribution in [2.45, 2.75) is 20.0 Å². The smallest absolute Gasteiger partial charge is 0.0764 e. The van der Waals surface area contributed by atoms with Crippen molar-refractivity contribution >= 4 is 5.57 Å². The molecule has 1 aromatic rings. The third-order valence-corrected chi connectivity index (χ3v) is 1.87. The van der Waals surface area contributed by atoms with Gasteiger partial charge in [-0.05, 0) is 25.0 Å². The van der Waals surface area contributed by atoms with Gasteiger partial charge in [0.2, 0.25) is 0 Å². The average molecular weight is 162 g/mol. The molecule has 64 valence electrons. The Labute approximate surface area is 73.4 Å². The molecule has 1 rings (SSSR count). The van der Waals surface area contributed by atoms with E-state index in [2.05, 4.69) is 0 Å². The molecule has 1 N–H and O–H groups in total. The molecule has 1 heteroatoms. The van der Waals surface area contributed by atoms with Gasteiger partial charge in [0.25, 0.3) is 0 Å². The van der Waals surface area contributed by atoms with Crippen LogP contribution in [0.3, 0.4) is 0 Å². The first-order valence-corrected chi connectivity index (χ1v) is 4.15. The zero-order valence-corrected chi connectivity index (χ0v) is 7.49. The Bertz CT molecular complexity index is 260. The van der Waals surface area contributed by atoms with Gasteiger partial charge in [-0.15, -0.1) is 0 Å². The number of allylic oxidation sites excluding steroid dienone is 1. The SMILES string of the molecule is C/C=C(/c1ccccc1)C(C)O. The molecule has 0 spiro atoms. The quantitative estimate of drug-likeness (QED) is 0.708. The summed E-state index contributed by atoms with van der Waals surface area (Å²) in [6, 6.07) is 9.92. The Morgan fingerprint density at radius 3 is 2.33 bits per heavy atom. The van der Waals surface area contributed by atoms with E-state index >= 15 is 0 Å². The van der Waals surface area contributed by atoms with Crippen LogP contribution in [0.25, 0.3) is 5.57 Å². The van der Waals surface area contributed by atoms with Gasteiger partial charge in [0, 0.05) is 0 Å². The highest BCUT2D eigenvalue weighted by Crippen LogP contribution is 2.17. The van der Waals surface area contributed by atoms with E-state index in [1.165, 1.54) is 0 Å². The van der Waals surface area contributed by atoms with Crippen molar-refractivity contribution < 1.29 is 5.11 Å². The van der Waals surface area contributed by atoms with Crippen molar-refractivity contribution in [3.63, 3.8) is 0 Å². The summed E-state index contributed by atoms with van der Waals surface area (Å²) >= 11 is 0. The van der Waals surface area contributed by atoms with Gasteiger partial charge in [0.15, 0.2) is 0 Å². The molecule has 0 saturated carbocycles. The first kappa shape index (κ1) is 9.01. The number of benzene rings is 1. The maximum atomic E-state index is 9.40. The fourth-order valence-electron chi connectivity index (χ4n) is 1.28. The minimum atomic E-state index is -0.391. The van der Waals surface area contributed by atoms with E-state index in [-0.39, 0.29) is 0 Å². The van der Waals surface area contributed by atoms with Gasteiger partial charge < -0.3 is 5.11 Å². The van der Waals surface area contributed by atoms with Crippen molar-refractivity contribution in [2.24, 2.45) is 0 Å². The number of hydrogen-bond acceptors (Lipinski definition) is 1. The molecule has 0 aliphatic carbocycles. The molecule has 0 aliphatic rings. The van der Waals surface area contributed by atoms with Gasteiger partial charge in [-0.25, -0.2) is 0 Å². The highest BCUT2D eigenvalue weighted by atomic mass is 16.3. The molecular weight excluding hydrogens is 148 g/mol. The van der Waals surface area contributed by atoms with E-state index in [1.807, 2.05) is 43.3 Å². The van der Waals surface area contributed by atoms with Crippen LogP contribution in [-0.2, 0) is 0 Å². The Balaban J connectivity index is 2.97. The van der Waals surface area contributed by atoms with Gasteiger partial charge in [-0.1, -0.05) is 36.4 Å². The zero-order valence-electron chi connectivity index (χ0n) is 7.49. The van der Waals surface area contributed by atoms with E-state index in [1.54, 1.807) is 6.92 Å². The lowest BCUT2D eigenvalue weighted by molar-refractivity contribution is 0.253. The summed E-state index contributed by atoms with van der Waals surface area (Å²) in [5, 5.41) is 9.40. The average Bonchev–Trinajstić information content (AvgIpc) is 2.07. The lowest BCUT2D eigenvalue weighted by Crippen LogP contribution is -2.02. The van der Waals surface area contributed by atoms with Gasteiger partial charge in [-0.2, -0.15) is 0 Å². The van der Waals surface area contributed by atoms with Crippen molar-refractivity contribution in [3.8, 4) is 0 Å². The largest absolute Gasteiger partial charge is 0.389 e. The molecular formula is C11H14O. The Morgan fingerprint density at radius 1 is 1.33 bits per heavy atom. The van der Waals surface area contributed by atoms with Gasteiger partial charge >= 0.3 is 0 Å². The molecule has 0 radical (unpaired) electrons. The third-order valence-electron chi connectivity index (χ3n) is 1.87. The molecule has 12 heavy (non-hydrogen) atoms. The second kappa shape index (κ2) is 4.07. The number of aliphatic hydroxyl groups is 1. The molecule has 1 atom stereocenters. The van der Waals surface area contributed by atoms with Crippen LogP contribution in [-0.4, -0.2) is 11.2 Å². The first-order valence-electron chi connectivity index (χ1n) is 4.15. The molecule has 0 bridgehead atoms. The van der Waals surface area contributed by atoms with Gasteiger partial charge in [0.1, 0.15) is 0 Å². The second-order valence-electron chi connectivity index (χ2n) is 2.79. The summed E-state index contributed by atoms with van der Waals surface area (Å²) in [5.74, 6) is 0. The van der Waals surface area contributed by atoms with Crippen LogP contribution >= 0.6 is 0 Å². The predicted molar refractivity (Wildman–Crippen MR) is 51.8 cm³/mol. The van der Waals surface area contributed by atoms with Gasteiger partial charge in [0.05, 0.1) is 6.10 Å². The Kier molecular flexibility index (Phi) is 3.06. The summed E-state index contributed by atoms with van der Waals surface area (Å²) in [6.45, 7) is 3.72. The van der Waals surface area contributed by atoms with E-state index in [9.17, 15) is 5.11 Å². The molecule has 0 aromatic heterocycles. The standard InChI is InChI=1S/C11H14O/c1-3-11(9(2)12)10-7-5-4-6-8-10/h3-9,12H,1-2H3/b11-3+. The lowest BCUT2D eigenvalue weighted by atomic mass is 10.0. The molecule has 0 fully saturated rings. The Hall–Kier alpha value is -1.08. The van der Waals surface area contributed by atoms with Crippen LogP contribution in [0.1, 0.15) is 19.4 Å². The topological polar surface area (TPSA) is 20.2 Å². The number of aliphatic hydroxyl groups excluding tert-OH is 1. The van der Waals surface area contributed by atoms with Crippen LogP contribution in [0.15, 0.2) is 36.4 Å². The number of hydrogen-bond donors (Lipinski definition) is 1. The summed E-state index contributed by atoms with van der Waals surface area (Å²) in [5.41, 5.74) is 2.07. The summed E-state index contributed by atoms with van der Waals surface area (Å²) < 4.78 is 0. The van der Waals surface area contributed by atoms with E-state index in [0.29, 0.717) is 0 Å². The molecule has 1 unspecified atom stereocenters. The monoisotopic (exact) mass is 162 g/mol. The maximum Gasteiger partial charge on any atom is 0.0764 e.